The fraction of sp³-hybridized carbons (Fsp3) is 0.417. The van der Waals surface area contributed by atoms with Gasteiger partial charge in [-0.3, -0.25) is 0 Å². The van der Waals surface area contributed by atoms with Crippen molar-refractivity contribution in [1.82, 2.24) is 4.98 Å². The van der Waals surface area contributed by atoms with E-state index in [2.05, 4.69) is 47.3 Å². The van der Waals surface area contributed by atoms with Crippen molar-refractivity contribution in [3.05, 3.63) is 27.0 Å². The topological polar surface area (TPSA) is 38.9 Å². The van der Waals surface area contributed by atoms with Gasteiger partial charge in [-0.2, -0.15) is 0 Å². The second-order valence-corrected chi connectivity index (χ2v) is 7.59. The van der Waals surface area contributed by atoms with E-state index >= 15 is 0 Å². The molecule has 2 heterocycles. The van der Waals surface area contributed by atoms with Crippen LogP contribution in [-0.4, -0.2) is 11.5 Å². The number of thiophene rings is 1. The summed E-state index contributed by atoms with van der Waals surface area (Å²) in [5.41, 5.74) is 6.95. The Bertz CT molecular complexity index is 490. The van der Waals surface area contributed by atoms with E-state index in [9.17, 15) is 0 Å². The molecule has 1 unspecified atom stereocenters. The number of halogens is 1. The molecule has 0 aliphatic heterocycles. The third kappa shape index (κ3) is 2.96. The summed E-state index contributed by atoms with van der Waals surface area (Å²) >= 11 is 6.89. The zero-order chi connectivity index (χ0) is 12.4. The van der Waals surface area contributed by atoms with Crippen LogP contribution < -0.4 is 5.73 Å². The summed E-state index contributed by atoms with van der Waals surface area (Å²) in [5, 5.41) is 3.23. The number of rotatable bonds is 4. The Labute approximate surface area is 118 Å². The van der Waals surface area contributed by atoms with Gasteiger partial charge in [0.2, 0.25) is 0 Å². The van der Waals surface area contributed by atoms with Crippen LogP contribution in [0.25, 0.3) is 9.88 Å². The number of hydrogen-bond donors (Lipinski definition) is 1. The first-order valence-electron chi connectivity index (χ1n) is 5.53. The molecule has 0 saturated heterocycles. The zero-order valence-electron chi connectivity index (χ0n) is 9.81. The van der Waals surface area contributed by atoms with Crippen LogP contribution in [0.1, 0.15) is 25.5 Å². The maximum absolute atomic E-state index is 5.82. The second-order valence-electron chi connectivity index (χ2n) is 4.27. The van der Waals surface area contributed by atoms with Gasteiger partial charge in [-0.1, -0.05) is 13.8 Å². The van der Waals surface area contributed by atoms with Gasteiger partial charge in [-0.05, 0) is 34.0 Å². The average Bonchev–Trinajstić information content (AvgIpc) is 2.87. The standard InChI is InChI=1S/C12H15BrN2S2/c1-7(2)8(5-14)9-6-16-12(15-9)10-3-4-11(13)17-10/h3-4,6-8H,5,14H2,1-2H3. The zero-order valence-corrected chi connectivity index (χ0v) is 13.0. The van der Waals surface area contributed by atoms with E-state index in [1.54, 1.807) is 22.7 Å². The predicted octanol–water partition coefficient (Wildman–Crippen LogP) is 4.33. The number of thiazole rings is 1. The molecule has 0 radical (unpaired) electrons. The fourth-order valence-corrected chi connectivity index (χ4v) is 4.08. The third-order valence-electron chi connectivity index (χ3n) is 2.74. The Morgan fingerprint density at radius 3 is 2.71 bits per heavy atom. The van der Waals surface area contributed by atoms with Crippen LogP contribution >= 0.6 is 38.6 Å². The molecular formula is C12H15BrN2S2. The molecule has 0 aliphatic carbocycles. The van der Waals surface area contributed by atoms with E-state index in [-0.39, 0.29) is 0 Å². The summed E-state index contributed by atoms with van der Waals surface area (Å²) in [7, 11) is 0. The Hall–Kier alpha value is -0.230. The molecule has 17 heavy (non-hydrogen) atoms. The largest absolute Gasteiger partial charge is 0.330 e. The molecule has 2 nitrogen and oxygen atoms in total. The summed E-state index contributed by atoms with van der Waals surface area (Å²) in [6.07, 6.45) is 0. The van der Waals surface area contributed by atoms with Crippen molar-refractivity contribution in [2.75, 3.05) is 6.54 Å². The van der Waals surface area contributed by atoms with Gasteiger partial charge in [0, 0.05) is 17.8 Å². The normalized spacial score (nSPS) is 13.2. The molecule has 0 bridgehead atoms. The third-order valence-corrected chi connectivity index (χ3v) is 5.40. The lowest BCUT2D eigenvalue weighted by molar-refractivity contribution is 0.498. The van der Waals surface area contributed by atoms with Crippen LogP contribution in [0.3, 0.4) is 0 Å². The van der Waals surface area contributed by atoms with E-state index in [1.807, 2.05) is 0 Å². The molecule has 1 atom stereocenters. The van der Waals surface area contributed by atoms with Crippen LogP contribution in [0.4, 0.5) is 0 Å². The van der Waals surface area contributed by atoms with Crippen LogP contribution in [0.5, 0.6) is 0 Å². The van der Waals surface area contributed by atoms with E-state index in [1.165, 1.54) is 4.88 Å². The summed E-state index contributed by atoms with van der Waals surface area (Å²) in [6, 6.07) is 4.16. The summed E-state index contributed by atoms with van der Waals surface area (Å²) in [6.45, 7) is 5.05. The molecular weight excluding hydrogens is 316 g/mol. The maximum Gasteiger partial charge on any atom is 0.133 e. The van der Waals surface area contributed by atoms with E-state index in [4.69, 9.17) is 10.7 Å². The van der Waals surface area contributed by atoms with Gasteiger partial charge in [0.1, 0.15) is 5.01 Å². The molecule has 0 fully saturated rings. The van der Waals surface area contributed by atoms with Crippen LogP contribution in [0.15, 0.2) is 21.3 Å². The molecule has 2 aromatic heterocycles. The first-order valence-corrected chi connectivity index (χ1v) is 8.02. The SMILES string of the molecule is CC(C)C(CN)c1csc(-c2ccc(Br)s2)n1. The number of nitrogens with two attached hydrogens (primary N) is 1. The number of nitrogens with zero attached hydrogens (tertiary/aromatic N) is 1. The molecule has 2 N–H and O–H groups in total. The van der Waals surface area contributed by atoms with Gasteiger partial charge in [-0.15, -0.1) is 22.7 Å². The van der Waals surface area contributed by atoms with Gasteiger partial charge in [0.05, 0.1) is 14.4 Å². The summed E-state index contributed by atoms with van der Waals surface area (Å²) in [5.74, 6) is 0.897. The van der Waals surface area contributed by atoms with E-state index in [0.717, 1.165) is 14.5 Å². The molecule has 2 aromatic rings. The highest BCUT2D eigenvalue weighted by Crippen LogP contribution is 2.35. The lowest BCUT2D eigenvalue weighted by atomic mass is 9.93. The highest BCUT2D eigenvalue weighted by atomic mass is 79.9. The smallest absolute Gasteiger partial charge is 0.133 e. The monoisotopic (exact) mass is 330 g/mol. The first-order chi connectivity index (χ1) is 8.11. The highest BCUT2D eigenvalue weighted by Gasteiger charge is 2.18. The quantitative estimate of drug-likeness (QED) is 0.905. The van der Waals surface area contributed by atoms with Gasteiger partial charge in [0.15, 0.2) is 0 Å². The number of hydrogen-bond acceptors (Lipinski definition) is 4. The Morgan fingerprint density at radius 1 is 1.41 bits per heavy atom. The lowest BCUT2D eigenvalue weighted by Gasteiger charge is -2.15. The van der Waals surface area contributed by atoms with Crippen molar-refractivity contribution in [2.24, 2.45) is 11.7 Å². The van der Waals surface area contributed by atoms with Crippen LogP contribution in [0.2, 0.25) is 0 Å². The second kappa shape index (κ2) is 5.61. The van der Waals surface area contributed by atoms with Gasteiger partial charge >= 0.3 is 0 Å². The summed E-state index contributed by atoms with van der Waals surface area (Å²) < 4.78 is 1.14. The molecule has 2 rings (SSSR count). The van der Waals surface area contributed by atoms with Crippen molar-refractivity contribution in [3.8, 4) is 9.88 Å². The predicted molar refractivity (Wildman–Crippen MR) is 79.8 cm³/mol. The minimum atomic E-state index is 0.364. The van der Waals surface area contributed by atoms with Crippen molar-refractivity contribution in [2.45, 2.75) is 19.8 Å². The fourth-order valence-electron chi connectivity index (χ4n) is 1.73. The van der Waals surface area contributed by atoms with Crippen LogP contribution in [-0.2, 0) is 0 Å². The minimum absolute atomic E-state index is 0.364. The molecule has 0 spiro atoms. The summed E-state index contributed by atoms with van der Waals surface area (Å²) in [4.78, 5) is 5.93. The Balaban J connectivity index is 2.26. The van der Waals surface area contributed by atoms with Crippen molar-refractivity contribution >= 4 is 38.6 Å². The maximum atomic E-state index is 5.82. The van der Waals surface area contributed by atoms with E-state index < -0.39 is 0 Å². The molecule has 92 valence electrons. The Kier molecular flexibility index (Phi) is 4.36. The molecule has 5 heteroatoms. The highest BCUT2D eigenvalue weighted by molar-refractivity contribution is 9.11. The van der Waals surface area contributed by atoms with E-state index in [0.29, 0.717) is 18.4 Å². The Morgan fingerprint density at radius 2 is 2.18 bits per heavy atom. The van der Waals surface area contributed by atoms with Crippen molar-refractivity contribution < 1.29 is 0 Å². The average molecular weight is 331 g/mol. The molecule has 0 aromatic carbocycles. The van der Waals surface area contributed by atoms with Crippen LogP contribution in [0, 0.1) is 5.92 Å². The first kappa shape index (κ1) is 13.2. The van der Waals surface area contributed by atoms with Crippen molar-refractivity contribution in [3.63, 3.8) is 0 Å². The minimum Gasteiger partial charge on any atom is -0.330 e. The van der Waals surface area contributed by atoms with Crippen molar-refractivity contribution in [1.29, 1.82) is 0 Å². The molecule has 0 amide bonds. The van der Waals surface area contributed by atoms with Gasteiger partial charge < -0.3 is 5.73 Å². The molecule has 0 aliphatic rings. The lowest BCUT2D eigenvalue weighted by Crippen LogP contribution is -2.18. The van der Waals surface area contributed by atoms with Gasteiger partial charge in [0.25, 0.3) is 0 Å². The molecule has 0 saturated carbocycles. The van der Waals surface area contributed by atoms with Gasteiger partial charge in [-0.25, -0.2) is 4.98 Å². The number of aromatic nitrogens is 1.